The zero-order valence-corrected chi connectivity index (χ0v) is 6.83. The molecule has 62 valence electrons. The van der Waals surface area contributed by atoms with Crippen LogP contribution in [0.5, 0.6) is 0 Å². The van der Waals surface area contributed by atoms with E-state index in [-0.39, 0.29) is 5.76 Å². The van der Waals surface area contributed by atoms with Gasteiger partial charge in [-0.3, -0.25) is 9.09 Å². The van der Waals surface area contributed by atoms with Gasteiger partial charge in [-0.15, -0.1) is 0 Å². The van der Waals surface area contributed by atoms with Crippen LogP contribution in [-0.4, -0.2) is 9.72 Å². The van der Waals surface area contributed by atoms with Gasteiger partial charge in [0.15, 0.2) is 5.82 Å². The van der Waals surface area contributed by atoms with E-state index in [1.165, 1.54) is 4.57 Å². The number of aryl methyl sites for hydroxylation is 1. The average molecular weight is 156 g/mol. The molecule has 4 heteroatoms. The Morgan fingerprint density at radius 2 is 2.36 bits per heavy atom. The van der Waals surface area contributed by atoms with Gasteiger partial charge in [0.1, 0.15) is 0 Å². The molecule has 0 aliphatic carbocycles. The molecule has 0 atom stereocenters. The summed E-state index contributed by atoms with van der Waals surface area (Å²) >= 11 is 0. The van der Waals surface area contributed by atoms with Crippen molar-refractivity contribution in [3.8, 4) is 0 Å². The van der Waals surface area contributed by atoms with Gasteiger partial charge >= 0.3 is 5.76 Å². The van der Waals surface area contributed by atoms with Gasteiger partial charge in [0.2, 0.25) is 0 Å². The Labute approximate surface area is 64.8 Å². The van der Waals surface area contributed by atoms with E-state index in [4.69, 9.17) is 0 Å². The van der Waals surface area contributed by atoms with Gasteiger partial charge in [0.05, 0.1) is 0 Å². The molecule has 1 heterocycles. The second kappa shape index (κ2) is 3.37. The van der Waals surface area contributed by atoms with E-state index in [2.05, 4.69) is 16.6 Å². The molecular weight excluding hydrogens is 144 g/mol. The summed E-state index contributed by atoms with van der Waals surface area (Å²) < 4.78 is 5.89. The largest absolute Gasteiger partial charge is 0.441 e. The zero-order valence-electron chi connectivity index (χ0n) is 6.83. The molecule has 11 heavy (non-hydrogen) atoms. The molecule has 0 radical (unpaired) electrons. The van der Waals surface area contributed by atoms with Gasteiger partial charge in [-0.05, 0) is 6.42 Å². The Morgan fingerprint density at radius 3 is 2.82 bits per heavy atom. The van der Waals surface area contributed by atoms with Crippen LogP contribution in [0.2, 0.25) is 0 Å². The molecule has 1 rings (SSSR count). The fraction of sp³-hybridized carbons (Fsp3) is 0.714. The number of hydrogen-bond acceptors (Lipinski definition) is 3. The Hall–Kier alpha value is -1.06. The quantitative estimate of drug-likeness (QED) is 0.647. The van der Waals surface area contributed by atoms with E-state index in [9.17, 15) is 4.79 Å². The van der Waals surface area contributed by atoms with E-state index in [1.807, 2.05) is 0 Å². The van der Waals surface area contributed by atoms with Crippen LogP contribution in [0.15, 0.2) is 9.32 Å². The van der Waals surface area contributed by atoms with Crippen LogP contribution in [0.3, 0.4) is 0 Å². The number of rotatable bonds is 3. The van der Waals surface area contributed by atoms with Crippen molar-refractivity contribution in [2.75, 3.05) is 0 Å². The van der Waals surface area contributed by atoms with Gasteiger partial charge in [-0.25, -0.2) is 4.79 Å². The van der Waals surface area contributed by atoms with Crippen LogP contribution >= 0.6 is 0 Å². The second-order valence-corrected chi connectivity index (χ2v) is 2.53. The van der Waals surface area contributed by atoms with Crippen molar-refractivity contribution in [2.45, 2.75) is 26.2 Å². The van der Waals surface area contributed by atoms with Crippen LogP contribution in [0.25, 0.3) is 0 Å². The molecule has 0 saturated carbocycles. The summed E-state index contributed by atoms with van der Waals surface area (Å²) in [4.78, 5) is 10.7. The number of unbranched alkanes of at least 4 members (excludes halogenated alkanes) is 1. The van der Waals surface area contributed by atoms with E-state index >= 15 is 0 Å². The molecule has 0 saturated heterocycles. The predicted octanol–water partition coefficient (Wildman–Crippen LogP) is 0.716. The Morgan fingerprint density at radius 1 is 1.64 bits per heavy atom. The van der Waals surface area contributed by atoms with Crippen molar-refractivity contribution in [2.24, 2.45) is 7.05 Å². The summed E-state index contributed by atoms with van der Waals surface area (Å²) in [7, 11) is 1.67. The van der Waals surface area contributed by atoms with Crippen LogP contribution in [0, 0.1) is 0 Å². The first-order valence-corrected chi connectivity index (χ1v) is 3.77. The average Bonchev–Trinajstić information content (AvgIpc) is 2.31. The van der Waals surface area contributed by atoms with Crippen molar-refractivity contribution in [3.63, 3.8) is 0 Å². The van der Waals surface area contributed by atoms with Gasteiger partial charge in [0.25, 0.3) is 0 Å². The molecule has 4 nitrogen and oxygen atoms in total. The first-order valence-electron chi connectivity index (χ1n) is 3.77. The summed E-state index contributed by atoms with van der Waals surface area (Å²) in [6.45, 7) is 2.10. The molecule has 1 aromatic rings. The third-order valence-electron chi connectivity index (χ3n) is 1.64. The topological polar surface area (TPSA) is 48.0 Å². The molecule has 0 aliphatic rings. The Bertz CT molecular complexity index is 274. The maximum absolute atomic E-state index is 10.7. The lowest BCUT2D eigenvalue weighted by molar-refractivity contribution is 0.376. The summed E-state index contributed by atoms with van der Waals surface area (Å²) in [5.74, 6) is 0.355. The maximum atomic E-state index is 10.7. The zero-order chi connectivity index (χ0) is 8.27. The molecule has 0 bridgehead atoms. The molecule has 0 N–H and O–H groups in total. The highest BCUT2D eigenvalue weighted by atomic mass is 16.5. The first-order chi connectivity index (χ1) is 5.25. The summed E-state index contributed by atoms with van der Waals surface area (Å²) in [6.07, 6.45) is 2.96. The number of nitrogens with zero attached hydrogens (tertiary/aromatic N) is 2. The van der Waals surface area contributed by atoms with E-state index in [0.717, 1.165) is 25.1 Å². The lowest BCUT2D eigenvalue weighted by atomic mass is 10.2. The van der Waals surface area contributed by atoms with Crippen molar-refractivity contribution in [3.05, 3.63) is 16.4 Å². The van der Waals surface area contributed by atoms with Crippen LogP contribution in [0.4, 0.5) is 0 Å². The highest BCUT2D eigenvalue weighted by molar-refractivity contribution is 4.81. The van der Waals surface area contributed by atoms with Gasteiger partial charge in [-0.1, -0.05) is 18.5 Å². The van der Waals surface area contributed by atoms with Crippen molar-refractivity contribution in [1.82, 2.24) is 9.72 Å². The fourth-order valence-corrected chi connectivity index (χ4v) is 0.868. The number of aromatic nitrogens is 2. The minimum atomic E-state index is -0.379. The van der Waals surface area contributed by atoms with Crippen LogP contribution in [0.1, 0.15) is 25.6 Å². The standard InChI is InChI=1S/C7H12N2O2/c1-3-4-5-6-8-11-7(10)9(6)2/h3-5H2,1-2H3. The molecule has 0 amide bonds. The molecule has 0 aromatic carbocycles. The summed E-state index contributed by atoms with van der Waals surface area (Å²) in [6, 6.07) is 0. The molecule has 0 unspecified atom stereocenters. The minimum Gasteiger partial charge on any atom is -0.296 e. The highest BCUT2D eigenvalue weighted by Gasteiger charge is 2.03. The molecule has 0 aliphatic heterocycles. The van der Waals surface area contributed by atoms with E-state index in [1.54, 1.807) is 7.05 Å². The Kier molecular flexibility index (Phi) is 2.46. The van der Waals surface area contributed by atoms with Gasteiger partial charge in [-0.2, -0.15) is 0 Å². The lowest BCUT2D eigenvalue weighted by Gasteiger charge is -1.93. The lowest BCUT2D eigenvalue weighted by Crippen LogP contribution is -2.12. The van der Waals surface area contributed by atoms with Crippen LogP contribution < -0.4 is 5.76 Å². The smallest absolute Gasteiger partial charge is 0.296 e. The molecule has 0 fully saturated rings. The highest BCUT2D eigenvalue weighted by Crippen LogP contribution is 1.97. The monoisotopic (exact) mass is 156 g/mol. The fourth-order valence-electron chi connectivity index (χ4n) is 0.868. The van der Waals surface area contributed by atoms with Crippen LogP contribution in [-0.2, 0) is 13.5 Å². The molecular formula is C7H12N2O2. The summed E-state index contributed by atoms with van der Waals surface area (Å²) in [5, 5.41) is 3.63. The maximum Gasteiger partial charge on any atom is 0.441 e. The first kappa shape index (κ1) is 8.04. The van der Waals surface area contributed by atoms with Crippen molar-refractivity contribution < 1.29 is 4.52 Å². The van der Waals surface area contributed by atoms with Crippen molar-refractivity contribution >= 4 is 0 Å². The normalized spacial score (nSPS) is 10.4. The number of hydrogen-bond donors (Lipinski definition) is 0. The second-order valence-electron chi connectivity index (χ2n) is 2.53. The Balaban J connectivity index is 2.71. The minimum absolute atomic E-state index is 0.379. The van der Waals surface area contributed by atoms with E-state index < -0.39 is 0 Å². The van der Waals surface area contributed by atoms with Crippen molar-refractivity contribution in [1.29, 1.82) is 0 Å². The van der Waals surface area contributed by atoms with Gasteiger partial charge < -0.3 is 0 Å². The van der Waals surface area contributed by atoms with Gasteiger partial charge in [0, 0.05) is 13.5 Å². The predicted molar refractivity (Wildman–Crippen MR) is 40.4 cm³/mol. The third kappa shape index (κ3) is 1.69. The third-order valence-corrected chi connectivity index (χ3v) is 1.64. The molecule has 1 aromatic heterocycles. The van der Waals surface area contributed by atoms with E-state index in [0.29, 0.717) is 0 Å². The molecule has 0 spiro atoms. The SMILES string of the molecule is CCCCc1noc(=O)n1C. The summed E-state index contributed by atoms with van der Waals surface area (Å²) in [5.41, 5.74) is 0.